The molecule has 4 rings (SSSR count). The third-order valence-corrected chi connectivity index (χ3v) is 5.38. The van der Waals surface area contributed by atoms with Crippen molar-refractivity contribution < 1.29 is 14.5 Å². The van der Waals surface area contributed by atoms with E-state index in [4.69, 9.17) is 4.74 Å². The Morgan fingerprint density at radius 3 is 2.63 bits per heavy atom. The van der Waals surface area contributed by atoms with Crippen LogP contribution in [0.5, 0.6) is 5.75 Å². The minimum Gasteiger partial charge on any atom is -0.488 e. The van der Waals surface area contributed by atoms with Crippen molar-refractivity contribution in [3.8, 4) is 11.8 Å². The van der Waals surface area contributed by atoms with E-state index in [1.54, 1.807) is 0 Å². The van der Waals surface area contributed by atoms with Crippen LogP contribution in [0.1, 0.15) is 16.7 Å². The largest absolute Gasteiger partial charge is 0.488 e. The normalized spacial score (nSPS) is 11.0. The molecule has 0 aliphatic carbocycles. The molecule has 0 fully saturated rings. The fourth-order valence-electron chi connectivity index (χ4n) is 3.70. The minimum atomic E-state index is -0.675. The highest BCUT2D eigenvalue weighted by Gasteiger charge is 2.15. The van der Waals surface area contributed by atoms with Gasteiger partial charge in [-0.2, -0.15) is 5.26 Å². The maximum Gasteiger partial charge on any atom is 0.271 e. The van der Waals surface area contributed by atoms with Gasteiger partial charge in [0, 0.05) is 23.4 Å². The summed E-state index contributed by atoms with van der Waals surface area (Å²) in [5.74, 6) is -0.147. The molecular formula is C28H21N3O4. The van der Waals surface area contributed by atoms with E-state index < -0.39 is 10.8 Å². The van der Waals surface area contributed by atoms with E-state index in [1.807, 2.05) is 73.7 Å². The molecule has 0 radical (unpaired) electrons. The van der Waals surface area contributed by atoms with Crippen molar-refractivity contribution in [1.29, 1.82) is 5.26 Å². The number of amides is 1. The number of nitrogens with one attached hydrogen (secondary N) is 1. The molecule has 7 nitrogen and oxygen atoms in total. The molecular weight excluding hydrogens is 442 g/mol. The average Bonchev–Trinajstić information content (AvgIpc) is 2.86. The first-order valence-corrected chi connectivity index (χ1v) is 10.8. The van der Waals surface area contributed by atoms with Crippen LogP contribution in [0.4, 0.5) is 11.4 Å². The van der Waals surface area contributed by atoms with Gasteiger partial charge in [-0.05, 0) is 41.5 Å². The molecule has 0 saturated heterocycles. The Kier molecular flexibility index (Phi) is 6.84. The second-order valence-electron chi connectivity index (χ2n) is 7.91. The smallest absolute Gasteiger partial charge is 0.271 e. The number of benzene rings is 4. The van der Waals surface area contributed by atoms with E-state index in [0.29, 0.717) is 17.9 Å². The number of carbonyl (C=O) groups excluding carboxylic acids is 1. The van der Waals surface area contributed by atoms with Gasteiger partial charge in [-0.3, -0.25) is 14.9 Å². The molecule has 4 aromatic rings. The van der Waals surface area contributed by atoms with E-state index in [9.17, 15) is 20.2 Å². The summed E-state index contributed by atoms with van der Waals surface area (Å²) in [6, 6.07) is 26.8. The second kappa shape index (κ2) is 10.3. The van der Waals surface area contributed by atoms with Crippen molar-refractivity contribution >= 4 is 34.1 Å². The molecule has 0 spiro atoms. The van der Waals surface area contributed by atoms with Crippen LogP contribution in [0.25, 0.3) is 16.8 Å². The first kappa shape index (κ1) is 23.2. The van der Waals surface area contributed by atoms with Gasteiger partial charge in [0.2, 0.25) is 0 Å². The highest BCUT2D eigenvalue weighted by atomic mass is 16.6. The zero-order chi connectivity index (χ0) is 24.8. The van der Waals surface area contributed by atoms with Crippen LogP contribution in [0.3, 0.4) is 0 Å². The molecule has 1 amide bonds. The molecule has 1 N–H and O–H groups in total. The van der Waals surface area contributed by atoms with Crippen molar-refractivity contribution in [3.63, 3.8) is 0 Å². The predicted octanol–water partition coefficient (Wildman–Crippen LogP) is 6.18. The number of nitro groups is 1. The number of ether oxygens (including phenoxy) is 1. The lowest BCUT2D eigenvalue weighted by atomic mass is 10.0. The predicted molar refractivity (Wildman–Crippen MR) is 135 cm³/mol. The quantitative estimate of drug-likeness (QED) is 0.152. The third kappa shape index (κ3) is 5.52. The second-order valence-corrected chi connectivity index (χ2v) is 7.91. The van der Waals surface area contributed by atoms with E-state index >= 15 is 0 Å². The van der Waals surface area contributed by atoms with Gasteiger partial charge < -0.3 is 10.1 Å². The van der Waals surface area contributed by atoms with Crippen LogP contribution in [-0.4, -0.2) is 10.8 Å². The van der Waals surface area contributed by atoms with Crippen LogP contribution in [0.2, 0.25) is 0 Å². The molecule has 172 valence electrons. The Balaban J connectivity index is 1.69. The zero-order valence-electron chi connectivity index (χ0n) is 18.9. The number of nitrogens with zero attached hydrogens (tertiary/aromatic N) is 2. The molecule has 0 atom stereocenters. The Morgan fingerprint density at radius 1 is 1.06 bits per heavy atom. The summed E-state index contributed by atoms with van der Waals surface area (Å²) in [5.41, 5.74) is 2.62. The van der Waals surface area contributed by atoms with Crippen molar-refractivity contribution in [2.75, 3.05) is 5.32 Å². The molecule has 0 unspecified atom stereocenters. The van der Waals surface area contributed by atoms with Gasteiger partial charge in [0.05, 0.1) is 4.92 Å². The molecule has 0 aliphatic heterocycles. The van der Waals surface area contributed by atoms with Gasteiger partial charge in [-0.15, -0.1) is 0 Å². The summed E-state index contributed by atoms with van der Waals surface area (Å²) < 4.78 is 6.11. The number of hydrogen-bond acceptors (Lipinski definition) is 5. The molecule has 0 aromatic heterocycles. The van der Waals surface area contributed by atoms with E-state index in [2.05, 4.69) is 5.32 Å². The van der Waals surface area contributed by atoms with Crippen LogP contribution >= 0.6 is 0 Å². The topological polar surface area (TPSA) is 105 Å². The van der Waals surface area contributed by atoms with Crippen LogP contribution in [0, 0.1) is 28.4 Å². The molecule has 7 heteroatoms. The van der Waals surface area contributed by atoms with Crippen molar-refractivity contribution in [2.45, 2.75) is 13.5 Å². The van der Waals surface area contributed by atoms with Gasteiger partial charge in [0.25, 0.3) is 11.6 Å². The standard InChI is InChI=1S/C28H21N3O4/c1-19-6-4-7-20(14-19)18-35-27-13-12-21-8-2-3-11-25(21)26(27)15-22(17-29)28(32)30-23-9-5-10-24(16-23)31(33)34/h2-16H,18H2,1H3,(H,30,32)/b22-15+. The van der Waals surface area contributed by atoms with Crippen molar-refractivity contribution in [3.05, 3.63) is 117 Å². The average molecular weight is 463 g/mol. The summed E-state index contributed by atoms with van der Waals surface area (Å²) in [6.07, 6.45) is 1.49. The molecule has 0 heterocycles. The summed E-state index contributed by atoms with van der Waals surface area (Å²) in [5, 5.41) is 25.1. The summed E-state index contributed by atoms with van der Waals surface area (Å²) in [6.45, 7) is 2.33. The summed E-state index contributed by atoms with van der Waals surface area (Å²) in [7, 11) is 0. The monoisotopic (exact) mass is 463 g/mol. The lowest BCUT2D eigenvalue weighted by molar-refractivity contribution is -0.384. The van der Waals surface area contributed by atoms with E-state index in [-0.39, 0.29) is 16.9 Å². The van der Waals surface area contributed by atoms with Crippen molar-refractivity contribution in [1.82, 2.24) is 0 Å². The van der Waals surface area contributed by atoms with Crippen molar-refractivity contribution in [2.24, 2.45) is 0 Å². The van der Waals surface area contributed by atoms with E-state index in [1.165, 1.54) is 30.3 Å². The SMILES string of the molecule is Cc1cccc(COc2ccc3ccccc3c2/C=C(\C#N)C(=O)Nc2cccc([N+](=O)[O-])c2)c1. The van der Waals surface area contributed by atoms with Crippen LogP contribution in [0.15, 0.2) is 90.5 Å². The van der Waals surface area contributed by atoms with Gasteiger partial charge in [-0.25, -0.2) is 0 Å². The van der Waals surface area contributed by atoms with Gasteiger partial charge in [0.1, 0.15) is 24.0 Å². The number of hydrogen-bond donors (Lipinski definition) is 1. The fraction of sp³-hybridized carbons (Fsp3) is 0.0714. The van der Waals surface area contributed by atoms with Crippen LogP contribution < -0.4 is 10.1 Å². The molecule has 0 bridgehead atoms. The summed E-state index contributed by atoms with van der Waals surface area (Å²) in [4.78, 5) is 23.4. The molecule has 0 saturated carbocycles. The fourth-order valence-corrected chi connectivity index (χ4v) is 3.70. The number of fused-ring (bicyclic) bond motifs is 1. The Hall–Kier alpha value is -4.96. The zero-order valence-corrected chi connectivity index (χ0v) is 18.9. The molecule has 35 heavy (non-hydrogen) atoms. The first-order valence-electron chi connectivity index (χ1n) is 10.8. The molecule has 0 aliphatic rings. The maximum atomic E-state index is 12.9. The first-order chi connectivity index (χ1) is 16.9. The van der Waals surface area contributed by atoms with E-state index in [0.717, 1.165) is 21.9 Å². The van der Waals surface area contributed by atoms with Gasteiger partial charge >= 0.3 is 0 Å². The Labute approximate surface area is 202 Å². The number of anilines is 1. The minimum absolute atomic E-state index is 0.159. The van der Waals surface area contributed by atoms with Crippen LogP contribution in [-0.2, 0) is 11.4 Å². The number of rotatable bonds is 7. The Bertz CT molecular complexity index is 1500. The van der Waals surface area contributed by atoms with Gasteiger partial charge in [-0.1, -0.05) is 66.2 Å². The lowest BCUT2D eigenvalue weighted by Crippen LogP contribution is -2.13. The number of aryl methyl sites for hydroxylation is 1. The highest BCUT2D eigenvalue weighted by Crippen LogP contribution is 2.31. The number of non-ortho nitro benzene ring substituents is 1. The summed E-state index contributed by atoms with van der Waals surface area (Å²) >= 11 is 0. The number of nitriles is 1. The number of nitro benzene ring substituents is 1. The third-order valence-electron chi connectivity index (χ3n) is 5.38. The van der Waals surface area contributed by atoms with Gasteiger partial charge in [0.15, 0.2) is 0 Å². The maximum absolute atomic E-state index is 12.9. The Morgan fingerprint density at radius 2 is 1.86 bits per heavy atom. The lowest BCUT2D eigenvalue weighted by Gasteiger charge is -2.13. The highest BCUT2D eigenvalue weighted by molar-refractivity contribution is 6.11. The number of carbonyl (C=O) groups is 1. The molecule has 4 aromatic carbocycles.